The largest absolute Gasteiger partial charge is 0.493 e. The molecule has 20 heavy (non-hydrogen) atoms. The maximum absolute atomic E-state index is 11.5. The predicted molar refractivity (Wildman–Crippen MR) is 79.5 cm³/mol. The molecule has 0 heterocycles. The van der Waals surface area contributed by atoms with E-state index in [1.54, 1.807) is 20.2 Å². The number of carbonyl (C=O) groups is 1. The van der Waals surface area contributed by atoms with E-state index in [9.17, 15) is 4.79 Å². The minimum atomic E-state index is -0.150. The van der Waals surface area contributed by atoms with Crippen molar-refractivity contribution in [2.45, 2.75) is 19.4 Å². The fourth-order valence-electron chi connectivity index (χ4n) is 1.67. The summed E-state index contributed by atoms with van der Waals surface area (Å²) < 4.78 is 10.7. The molecule has 0 spiro atoms. The van der Waals surface area contributed by atoms with E-state index in [1.807, 2.05) is 13.0 Å². The maximum Gasteiger partial charge on any atom is 0.259 e. The molecule has 0 aromatic heterocycles. The first kappa shape index (κ1) is 16.6. The standard InChI is InChI=1S/C14H21ClN2O3/c1-9(16)5-10-6-11(15)14(12(7-10)19-4)20-8-13(18)17(2)3/h6-7,9H,5,8,16H2,1-4H3. The molecule has 5 nitrogen and oxygen atoms in total. The van der Waals surface area contributed by atoms with Crippen molar-refractivity contribution in [1.82, 2.24) is 4.90 Å². The Labute approximate surface area is 124 Å². The van der Waals surface area contributed by atoms with Crippen LogP contribution < -0.4 is 15.2 Å². The molecule has 0 saturated heterocycles. The van der Waals surface area contributed by atoms with E-state index in [0.29, 0.717) is 22.9 Å². The van der Waals surface area contributed by atoms with Crippen molar-refractivity contribution >= 4 is 17.5 Å². The number of rotatable bonds is 6. The third kappa shape index (κ3) is 4.58. The van der Waals surface area contributed by atoms with Gasteiger partial charge in [0.2, 0.25) is 0 Å². The molecule has 0 aliphatic heterocycles. The molecular formula is C14H21ClN2O3. The number of ether oxygens (including phenoxy) is 2. The lowest BCUT2D eigenvalue weighted by atomic mass is 10.1. The first-order valence-corrected chi connectivity index (χ1v) is 6.68. The van der Waals surface area contributed by atoms with E-state index < -0.39 is 0 Å². The van der Waals surface area contributed by atoms with Crippen molar-refractivity contribution in [3.8, 4) is 11.5 Å². The molecule has 112 valence electrons. The van der Waals surface area contributed by atoms with Crippen LogP contribution in [0.5, 0.6) is 11.5 Å². The van der Waals surface area contributed by atoms with Gasteiger partial charge in [0.15, 0.2) is 18.1 Å². The van der Waals surface area contributed by atoms with E-state index in [0.717, 1.165) is 5.56 Å². The van der Waals surface area contributed by atoms with Crippen LogP contribution in [0.4, 0.5) is 0 Å². The molecule has 0 radical (unpaired) electrons. The van der Waals surface area contributed by atoms with Crippen LogP contribution in [0.3, 0.4) is 0 Å². The van der Waals surface area contributed by atoms with Crippen molar-refractivity contribution in [1.29, 1.82) is 0 Å². The summed E-state index contributed by atoms with van der Waals surface area (Å²) in [5, 5.41) is 0.409. The number of amides is 1. The summed E-state index contributed by atoms with van der Waals surface area (Å²) >= 11 is 6.19. The fraction of sp³-hybridized carbons (Fsp3) is 0.500. The highest BCUT2D eigenvalue weighted by Crippen LogP contribution is 2.36. The van der Waals surface area contributed by atoms with E-state index in [1.165, 1.54) is 12.0 Å². The van der Waals surface area contributed by atoms with Crippen molar-refractivity contribution in [3.05, 3.63) is 22.7 Å². The molecule has 0 aliphatic rings. The van der Waals surface area contributed by atoms with E-state index in [-0.39, 0.29) is 18.6 Å². The number of benzene rings is 1. The number of likely N-dealkylation sites (N-methyl/N-ethyl adjacent to an activating group) is 1. The molecule has 0 bridgehead atoms. The van der Waals surface area contributed by atoms with E-state index in [2.05, 4.69) is 0 Å². The Kier molecular flexibility index (Phi) is 6.10. The van der Waals surface area contributed by atoms with Gasteiger partial charge in [-0.2, -0.15) is 0 Å². The van der Waals surface area contributed by atoms with Gasteiger partial charge in [0, 0.05) is 20.1 Å². The quantitative estimate of drug-likeness (QED) is 0.868. The predicted octanol–water partition coefficient (Wildman–Crippen LogP) is 1.71. The van der Waals surface area contributed by atoms with Gasteiger partial charge >= 0.3 is 0 Å². The average Bonchev–Trinajstić information content (AvgIpc) is 2.35. The summed E-state index contributed by atoms with van der Waals surface area (Å²) in [6.07, 6.45) is 0.687. The summed E-state index contributed by atoms with van der Waals surface area (Å²) in [6, 6.07) is 3.63. The van der Waals surface area contributed by atoms with E-state index >= 15 is 0 Å². The molecule has 0 fully saturated rings. The first-order chi connectivity index (χ1) is 9.35. The zero-order valence-corrected chi connectivity index (χ0v) is 13.0. The van der Waals surface area contributed by atoms with Crippen molar-refractivity contribution < 1.29 is 14.3 Å². The SMILES string of the molecule is COc1cc(CC(C)N)cc(Cl)c1OCC(=O)N(C)C. The Bertz CT molecular complexity index is 476. The minimum Gasteiger partial charge on any atom is -0.493 e. The van der Waals surface area contributed by atoms with Crippen LogP contribution in [0.1, 0.15) is 12.5 Å². The summed E-state index contributed by atoms with van der Waals surface area (Å²) in [6.45, 7) is 1.83. The molecule has 1 aromatic rings. The Hall–Kier alpha value is -1.46. The van der Waals surface area contributed by atoms with Gasteiger partial charge in [-0.1, -0.05) is 11.6 Å². The lowest BCUT2D eigenvalue weighted by Gasteiger charge is -2.16. The second-order valence-electron chi connectivity index (χ2n) is 4.87. The van der Waals surface area contributed by atoms with Gasteiger partial charge in [0.05, 0.1) is 12.1 Å². The number of nitrogens with two attached hydrogens (primary N) is 1. The molecular weight excluding hydrogens is 280 g/mol. The van der Waals surface area contributed by atoms with Crippen LogP contribution in [0.25, 0.3) is 0 Å². The smallest absolute Gasteiger partial charge is 0.259 e. The number of halogens is 1. The molecule has 1 aromatic carbocycles. The highest BCUT2D eigenvalue weighted by Gasteiger charge is 2.15. The second kappa shape index (κ2) is 7.36. The van der Waals surface area contributed by atoms with Gasteiger partial charge in [-0.15, -0.1) is 0 Å². The summed E-state index contributed by atoms with van der Waals surface area (Å²) in [7, 11) is 4.86. The van der Waals surface area contributed by atoms with Crippen LogP contribution in [0.15, 0.2) is 12.1 Å². The zero-order valence-electron chi connectivity index (χ0n) is 12.3. The Balaban J connectivity index is 2.93. The van der Waals surface area contributed by atoms with E-state index in [4.69, 9.17) is 26.8 Å². The highest BCUT2D eigenvalue weighted by atomic mass is 35.5. The van der Waals surface area contributed by atoms with Crippen LogP contribution in [0.2, 0.25) is 5.02 Å². The lowest BCUT2D eigenvalue weighted by molar-refractivity contribution is -0.130. The number of methoxy groups -OCH3 is 1. The normalized spacial score (nSPS) is 11.9. The number of carbonyl (C=O) groups excluding carboxylic acids is 1. The van der Waals surface area contributed by atoms with Gasteiger partial charge in [0.1, 0.15) is 0 Å². The number of hydrogen-bond acceptors (Lipinski definition) is 4. The van der Waals surface area contributed by atoms with Crippen LogP contribution >= 0.6 is 11.6 Å². The zero-order chi connectivity index (χ0) is 15.3. The molecule has 0 aliphatic carbocycles. The first-order valence-electron chi connectivity index (χ1n) is 6.30. The van der Waals surface area contributed by atoms with Crippen molar-refractivity contribution in [2.75, 3.05) is 27.8 Å². The van der Waals surface area contributed by atoms with Gasteiger partial charge in [-0.3, -0.25) is 4.79 Å². The molecule has 1 amide bonds. The second-order valence-corrected chi connectivity index (χ2v) is 5.27. The molecule has 1 rings (SSSR count). The third-order valence-corrected chi connectivity index (χ3v) is 2.97. The van der Waals surface area contributed by atoms with Gasteiger partial charge in [-0.25, -0.2) is 0 Å². The molecule has 1 atom stereocenters. The molecule has 1 unspecified atom stereocenters. The van der Waals surface area contributed by atoms with Gasteiger partial charge < -0.3 is 20.1 Å². The van der Waals surface area contributed by atoms with Crippen molar-refractivity contribution in [3.63, 3.8) is 0 Å². The minimum absolute atomic E-state index is 0.0258. The van der Waals surface area contributed by atoms with Crippen LogP contribution in [0, 0.1) is 0 Å². The Morgan fingerprint density at radius 2 is 2.10 bits per heavy atom. The average molecular weight is 301 g/mol. The molecule has 0 saturated carbocycles. The molecule has 6 heteroatoms. The van der Waals surface area contributed by atoms with Gasteiger partial charge in [-0.05, 0) is 31.0 Å². The van der Waals surface area contributed by atoms with Crippen LogP contribution in [-0.4, -0.2) is 44.7 Å². The topological polar surface area (TPSA) is 64.8 Å². The molecule has 2 N–H and O–H groups in total. The monoisotopic (exact) mass is 300 g/mol. The Morgan fingerprint density at radius 1 is 1.45 bits per heavy atom. The highest BCUT2D eigenvalue weighted by molar-refractivity contribution is 6.32. The van der Waals surface area contributed by atoms with Crippen molar-refractivity contribution in [2.24, 2.45) is 5.73 Å². The summed E-state index contributed by atoms with van der Waals surface area (Å²) in [5.74, 6) is 0.722. The fourth-order valence-corrected chi connectivity index (χ4v) is 1.95. The number of hydrogen-bond donors (Lipinski definition) is 1. The number of nitrogens with zero attached hydrogens (tertiary/aromatic N) is 1. The Morgan fingerprint density at radius 3 is 2.60 bits per heavy atom. The van der Waals surface area contributed by atoms with Crippen LogP contribution in [-0.2, 0) is 11.2 Å². The summed E-state index contributed by atoms with van der Waals surface area (Å²) in [4.78, 5) is 13.0. The third-order valence-electron chi connectivity index (χ3n) is 2.69. The maximum atomic E-state index is 11.5. The lowest BCUT2D eigenvalue weighted by Crippen LogP contribution is -2.27. The summed E-state index contributed by atoms with van der Waals surface area (Å²) in [5.41, 5.74) is 6.74. The van der Waals surface area contributed by atoms with Gasteiger partial charge in [0.25, 0.3) is 5.91 Å².